The highest BCUT2D eigenvalue weighted by Gasteiger charge is 2.05. The van der Waals surface area contributed by atoms with Gasteiger partial charge >= 0.3 is 0 Å². The summed E-state index contributed by atoms with van der Waals surface area (Å²) in [6.45, 7) is 5.09. The van der Waals surface area contributed by atoms with Gasteiger partial charge in [-0.3, -0.25) is 0 Å². The Bertz CT molecular complexity index is 614. The van der Waals surface area contributed by atoms with Crippen LogP contribution < -0.4 is 10.1 Å². The van der Waals surface area contributed by atoms with Gasteiger partial charge < -0.3 is 10.1 Å². The number of nitrogens with zero attached hydrogens (tertiary/aromatic N) is 1. The largest absolute Gasteiger partial charge is 0.479 e. The summed E-state index contributed by atoms with van der Waals surface area (Å²) in [5.74, 6) is 0.735. The van der Waals surface area contributed by atoms with Crippen LogP contribution in [0, 0.1) is 18.3 Å². The van der Waals surface area contributed by atoms with Crippen LogP contribution >= 0.6 is 0 Å². The van der Waals surface area contributed by atoms with E-state index in [0.717, 1.165) is 17.9 Å². The monoisotopic (exact) mass is 280 g/mol. The SMILES string of the molecule is Cc1ccc([C@@H](C)NCc2cccc(OCC#N)c2)cc1. The fraction of sp³-hybridized carbons (Fsp3) is 0.278. The molecular weight excluding hydrogens is 260 g/mol. The average molecular weight is 280 g/mol. The van der Waals surface area contributed by atoms with Crippen LogP contribution in [-0.4, -0.2) is 6.61 Å². The Morgan fingerprint density at radius 2 is 1.95 bits per heavy atom. The van der Waals surface area contributed by atoms with Crippen LogP contribution in [0.2, 0.25) is 0 Å². The summed E-state index contributed by atoms with van der Waals surface area (Å²) in [5, 5.41) is 12.0. The van der Waals surface area contributed by atoms with Crippen molar-refractivity contribution in [3.63, 3.8) is 0 Å². The molecule has 0 amide bonds. The maximum atomic E-state index is 8.53. The Kier molecular flexibility index (Phi) is 5.36. The van der Waals surface area contributed by atoms with Crippen LogP contribution in [0.1, 0.15) is 29.7 Å². The van der Waals surface area contributed by atoms with Gasteiger partial charge in [0.15, 0.2) is 6.61 Å². The molecule has 108 valence electrons. The fourth-order valence-electron chi connectivity index (χ4n) is 2.10. The topological polar surface area (TPSA) is 45.0 Å². The van der Waals surface area contributed by atoms with Crippen LogP contribution in [0.4, 0.5) is 0 Å². The first-order valence-electron chi connectivity index (χ1n) is 7.07. The van der Waals surface area contributed by atoms with E-state index in [0.29, 0.717) is 0 Å². The highest BCUT2D eigenvalue weighted by molar-refractivity contribution is 5.29. The van der Waals surface area contributed by atoms with E-state index in [9.17, 15) is 0 Å². The maximum absolute atomic E-state index is 8.53. The van der Waals surface area contributed by atoms with Gasteiger partial charge in [-0.25, -0.2) is 0 Å². The molecule has 0 fully saturated rings. The summed E-state index contributed by atoms with van der Waals surface area (Å²) in [5.41, 5.74) is 3.69. The second-order valence-corrected chi connectivity index (χ2v) is 5.11. The van der Waals surface area contributed by atoms with Crippen molar-refractivity contribution in [1.29, 1.82) is 5.26 Å². The normalized spacial score (nSPS) is 11.7. The molecule has 0 aliphatic carbocycles. The van der Waals surface area contributed by atoms with E-state index in [1.807, 2.05) is 30.3 Å². The molecule has 0 unspecified atom stereocenters. The van der Waals surface area contributed by atoms with Crippen molar-refractivity contribution in [3.8, 4) is 11.8 Å². The third-order valence-corrected chi connectivity index (χ3v) is 3.39. The average Bonchev–Trinajstić information content (AvgIpc) is 2.52. The molecule has 2 aromatic carbocycles. The molecule has 0 heterocycles. The predicted molar refractivity (Wildman–Crippen MR) is 84.0 cm³/mol. The zero-order valence-electron chi connectivity index (χ0n) is 12.5. The third-order valence-electron chi connectivity index (χ3n) is 3.39. The number of benzene rings is 2. The van der Waals surface area contributed by atoms with E-state index in [1.165, 1.54) is 11.1 Å². The molecule has 0 aromatic heterocycles. The van der Waals surface area contributed by atoms with Crippen molar-refractivity contribution in [2.75, 3.05) is 6.61 Å². The van der Waals surface area contributed by atoms with Gasteiger partial charge in [0.25, 0.3) is 0 Å². The lowest BCUT2D eigenvalue weighted by Crippen LogP contribution is -2.18. The maximum Gasteiger partial charge on any atom is 0.174 e. The van der Waals surface area contributed by atoms with Crippen LogP contribution in [0.3, 0.4) is 0 Å². The predicted octanol–water partition coefficient (Wildman–Crippen LogP) is 3.75. The highest BCUT2D eigenvalue weighted by Crippen LogP contribution is 2.16. The summed E-state index contributed by atoms with van der Waals surface area (Å²) >= 11 is 0. The molecule has 21 heavy (non-hydrogen) atoms. The molecule has 0 radical (unpaired) electrons. The van der Waals surface area contributed by atoms with E-state index >= 15 is 0 Å². The molecule has 0 bridgehead atoms. The summed E-state index contributed by atoms with van der Waals surface area (Å²) in [4.78, 5) is 0. The Labute approximate surface area is 126 Å². The lowest BCUT2D eigenvalue weighted by molar-refractivity contribution is 0.367. The third kappa shape index (κ3) is 4.62. The van der Waals surface area contributed by atoms with Crippen molar-refractivity contribution >= 4 is 0 Å². The highest BCUT2D eigenvalue weighted by atomic mass is 16.5. The van der Waals surface area contributed by atoms with Crippen molar-refractivity contribution in [2.24, 2.45) is 0 Å². The fourth-order valence-corrected chi connectivity index (χ4v) is 2.10. The molecule has 1 atom stereocenters. The number of nitriles is 1. The molecule has 0 aliphatic rings. The first-order chi connectivity index (χ1) is 10.2. The Balaban J connectivity index is 1.93. The summed E-state index contributed by atoms with van der Waals surface area (Å²) in [6, 6.07) is 18.6. The second kappa shape index (κ2) is 7.47. The summed E-state index contributed by atoms with van der Waals surface area (Å²) in [7, 11) is 0. The van der Waals surface area contributed by atoms with Gasteiger partial charge in [-0.05, 0) is 37.1 Å². The molecule has 0 spiro atoms. The van der Waals surface area contributed by atoms with Crippen LogP contribution in [0.5, 0.6) is 5.75 Å². The van der Waals surface area contributed by atoms with Gasteiger partial charge in [0.1, 0.15) is 11.8 Å². The van der Waals surface area contributed by atoms with Gasteiger partial charge in [-0.2, -0.15) is 5.26 Å². The standard InChI is InChI=1S/C18H20N2O/c1-14-6-8-17(9-7-14)15(2)20-13-16-4-3-5-18(12-16)21-11-10-19/h3-9,12,15,20H,11,13H2,1-2H3/t15-/m1/s1. The molecular formula is C18H20N2O. The quantitative estimate of drug-likeness (QED) is 0.876. The molecule has 2 aromatic rings. The van der Waals surface area contributed by atoms with Crippen molar-refractivity contribution in [2.45, 2.75) is 26.4 Å². The molecule has 3 heteroatoms. The molecule has 2 rings (SSSR count). The lowest BCUT2D eigenvalue weighted by Gasteiger charge is -2.15. The van der Waals surface area contributed by atoms with Crippen LogP contribution in [0.15, 0.2) is 48.5 Å². The Morgan fingerprint density at radius 3 is 2.67 bits per heavy atom. The second-order valence-electron chi connectivity index (χ2n) is 5.11. The van der Waals surface area contributed by atoms with E-state index in [-0.39, 0.29) is 12.6 Å². The van der Waals surface area contributed by atoms with Gasteiger partial charge in [-0.1, -0.05) is 42.0 Å². The minimum absolute atomic E-state index is 0.0800. The first-order valence-corrected chi connectivity index (χ1v) is 7.07. The number of ether oxygens (including phenoxy) is 1. The number of hydrogen-bond acceptors (Lipinski definition) is 3. The van der Waals surface area contributed by atoms with E-state index in [1.54, 1.807) is 0 Å². The summed E-state index contributed by atoms with van der Waals surface area (Å²) < 4.78 is 5.31. The van der Waals surface area contributed by atoms with E-state index in [4.69, 9.17) is 10.00 Å². The molecule has 1 N–H and O–H groups in total. The molecule has 0 saturated heterocycles. The van der Waals surface area contributed by atoms with Crippen molar-refractivity contribution in [1.82, 2.24) is 5.32 Å². The molecule has 3 nitrogen and oxygen atoms in total. The molecule has 0 aliphatic heterocycles. The van der Waals surface area contributed by atoms with Crippen LogP contribution in [0.25, 0.3) is 0 Å². The minimum Gasteiger partial charge on any atom is -0.479 e. The van der Waals surface area contributed by atoms with Crippen LogP contribution in [-0.2, 0) is 6.54 Å². The van der Waals surface area contributed by atoms with E-state index < -0.39 is 0 Å². The number of nitrogens with one attached hydrogen (secondary N) is 1. The lowest BCUT2D eigenvalue weighted by atomic mass is 10.1. The number of hydrogen-bond donors (Lipinski definition) is 1. The zero-order valence-corrected chi connectivity index (χ0v) is 12.5. The number of aryl methyl sites for hydroxylation is 1. The van der Waals surface area contributed by atoms with E-state index in [2.05, 4.69) is 43.4 Å². The van der Waals surface area contributed by atoms with Crippen molar-refractivity contribution in [3.05, 3.63) is 65.2 Å². The van der Waals surface area contributed by atoms with Gasteiger partial charge in [0.2, 0.25) is 0 Å². The molecule has 0 saturated carbocycles. The smallest absolute Gasteiger partial charge is 0.174 e. The van der Waals surface area contributed by atoms with Gasteiger partial charge in [0.05, 0.1) is 0 Å². The Morgan fingerprint density at radius 1 is 1.19 bits per heavy atom. The van der Waals surface area contributed by atoms with Crippen molar-refractivity contribution < 1.29 is 4.74 Å². The zero-order chi connectivity index (χ0) is 15.1. The minimum atomic E-state index is 0.0800. The summed E-state index contributed by atoms with van der Waals surface area (Å²) in [6.07, 6.45) is 0. The first kappa shape index (κ1) is 15.1. The van der Waals surface area contributed by atoms with Gasteiger partial charge in [-0.15, -0.1) is 0 Å². The number of rotatable bonds is 6. The Hall–Kier alpha value is -2.31. The van der Waals surface area contributed by atoms with Gasteiger partial charge in [0, 0.05) is 12.6 Å².